The molecule has 0 unspecified atom stereocenters. The van der Waals surface area contributed by atoms with Crippen LogP contribution in [0.15, 0.2) is 24.3 Å². The Balaban J connectivity index is 1.73. The van der Waals surface area contributed by atoms with Crippen molar-refractivity contribution in [2.75, 3.05) is 19.8 Å². The van der Waals surface area contributed by atoms with Crippen molar-refractivity contribution in [3.8, 4) is 0 Å². The van der Waals surface area contributed by atoms with Crippen molar-refractivity contribution in [3.63, 3.8) is 0 Å². The molecule has 0 radical (unpaired) electrons. The second kappa shape index (κ2) is 8.48. The third kappa shape index (κ3) is 4.27. The van der Waals surface area contributed by atoms with E-state index in [1.54, 1.807) is 19.1 Å². The number of hydrogen-bond donors (Lipinski definition) is 1. The van der Waals surface area contributed by atoms with Gasteiger partial charge in [0.2, 0.25) is 0 Å². The number of Topliss-reactive ketones (excluding diaryl/α,β-unsaturated/α-hetero) is 1. The first-order valence-electron chi connectivity index (χ1n) is 9.26. The summed E-state index contributed by atoms with van der Waals surface area (Å²) in [5, 5.41) is 0. The van der Waals surface area contributed by atoms with Crippen molar-refractivity contribution in [2.45, 2.75) is 39.0 Å². The first kappa shape index (κ1) is 19.3. The Bertz CT molecular complexity index is 825. The highest BCUT2D eigenvalue weighted by molar-refractivity contribution is 6.03. The van der Waals surface area contributed by atoms with E-state index in [0.717, 1.165) is 17.7 Å². The second-order valence-electron chi connectivity index (χ2n) is 6.81. The SMILES string of the molecule is CCCOCCOC(=O)c1[nH]c2c(c1C)C(=O)C[C@H](c1ccc(F)cc1)C2. The average Bonchev–Trinajstić information content (AvgIpc) is 2.99. The lowest BCUT2D eigenvalue weighted by molar-refractivity contribution is 0.0312. The number of hydrogen-bond acceptors (Lipinski definition) is 4. The molecule has 5 nitrogen and oxygen atoms in total. The molecule has 1 heterocycles. The van der Waals surface area contributed by atoms with E-state index in [1.165, 1.54) is 12.1 Å². The first-order chi connectivity index (χ1) is 13.0. The van der Waals surface area contributed by atoms with Crippen LogP contribution in [0.2, 0.25) is 0 Å². The maximum Gasteiger partial charge on any atom is 0.355 e. The molecule has 0 aliphatic heterocycles. The second-order valence-corrected chi connectivity index (χ2v) is 6.81. The molecule has 0 spiro atoms. The molecule has 1 N–H and O–H groups in total. The number of aromatic amines is 1. The van der Waals surface area contributed by atoms with Gasteiger partial charge in [-0.05, 0) is 48.9 Å². The number of esters is 1. The highest BCUT2D eigenvalue weighted by atomic mass is 19.1. The number of fused-ring (bicyclic) bond motifs is 1. The van der Waals surface area contributed by atoms with E-state index in [-0.39, 0.29) is 24.1 Å². The smallest absolute Gasteiger partial charge is 0.355 e. The van der Waals surface area contributed by atoms with Gasteiger partial charge in [-0.15, -0.1) is 0 Å². The number of H-pyrrole nitrogens is 1. The third-order valence-electron chi connectivity index (χ3n) is 4.84. The number of benzene rings is 1. The predicted molar refractivity (Wildman–Crippen MR) is 98.7 cm³/mol. The standard InChI is InChI=1S/C21H24FNO4/c1-3-8-26-9-10-27-21(25)20-13(2)19-17(23-20)11-15(12-18(19)24)14-4-6-16(22)7-5-14/h4-7,15,23H,3,8-12H2,1-2H3/t15-/m1/s1. The molecule has 6 heteroatoms. The summed E-state index contributed by atoms with van der Waals surface area (Å²) in [7, 11) is 0. The highest BCUT2D eigenvalue weighted by Crippen LogP contribution is 2.35. The molecular weight excluding hydrogens is 349 g/mol. The van der Waals surface area contributed by atoms with Crippen LogP contribution in [-0.2, 0) is 15.9 Å². The van der Waals surface area contributed by atoms with Crippen molar-refractivity contribution in [2.24, 2.45) is 0 Å². The van der Waals surface area contributed by atoms with Crippen LogP contribution in [0.4, 0.5) is 4.39 Å². The van der Waals surface area contributed by atoms with Gasteiger partial charge in [0.25, 0.3) is 0 Å². The number of nitrogens with one attached hydrogen (secondary N) is 1. The lowest BCUT2D eigenvalue weighted by atomic mass is 9.81. The van der Waals surface area contributed by atoms with Crippen LogP contribution in [-0.4, -0.2) is 36.6 Å². The molecule has 0 amide bonds. The molecular formula is C21H24FNO4. The van der Waals surface area contributed by atoms with Crippen LogP contribution in [0.25, 0.3) is 0 Å². The van der Waals surface area contributed by atoms with Gasteiger partial charge in [-0.25, -0.2) is 9.18 Å². The van der Waals surface area contributed by atoms with Crippen molar-refractivity contribution < 1.29 is 23.5 Å². The zero-order valence-electron chi connectivity index (χ0n) is 15.6. The Kier molecular flexibility index (Phi) is 6.06. The van der Waals surface area contributed by atoms with E-state index < -0.39 is 5.97 Å². The molecule has 2 aromatic rings. The summed E-state index contributed by atoms with van der Waals surface area (Å²) in [4.78, 5) is 28.1. The fourth-order valence-electron chi connectivity index (χ4n) is 3.52. The van der Waals surface area contributed by atoms with Gasteiger partial charge in [0.15, 0.2) is 5.78 Å². The zero-order valence-corrected chi connectivity index (χ0v) is 15.6. The fourth-order valence-corrected chi connectivity index (χ4v) is 3.52. The normalized spacial score (nSPS) is 16.3. The van der Waals surface area contributed by atoms with Crippen molar-refractivity contribution in [1.29, 1.82) is 0 Å². The van der Waals surface area contributed by atoms with Crippen molar-refractivity contribution in [1.82, 2.24) is 4.98 Å². The summed E-state index contributed by atoms with van der Waals surface area (Å²) in [6.07, 6.45) is 1.85. The van der Waals surface area contributed by atoms with Crippen LogP contribution in [0.3, 0.4) is 0 Å². The topological polar surface area (TPSA) is 68.4 Å². The van der Waals surface area contributed by atoms with E-state index in [9.17, 15) is 14.0 Å². The third-order valence-corrected chi connectivity index (χ3v) is 4.84. The molecule has 0 saturated heterocycles. The molecule has 0 saturated carbocycles. The largest absolute Gasteiger partial charge is 0.459 e. The minimum Gasteiger partial charge on any atom is -0.459 e. The average molecular weight is 373 g/mol. The number of aromatic nitrogens is 1. The first-order valence-corrected chi connectivity index (χ1v) is 9.26. The fraction of sp³-hybridized carbons (Fsp3) is 0.429. The maximum atomic E-state index is 13.2. The van der Waals surface area contributed by atoms with E-state index in [4.69, 9.17) is 9.47 Å². The van der Waals surface area contributed by atoms with Gasteiger partial charge in [-0.3, -0.25) is 4.79 Å². The van der Waals surface area contributed by atoms with E-state index in [1.807, 2.05) is 6.92 Å². The van der Waals surface area contributed by atoms with Crippen LogP contribution in [0.5, 0.6) is 0 Å². The lowest BCUT2D eigenvalue weighted by Crippen LogP contribution is -2.18. The molecule has 1 atom stereocenters. The molecule has 144 valence electrons. The number of halogens is 1. The number of ether oxygens (including phenoxy) is 2. The number of ketones is 1. The monoisotopic (exact) mass is 373 g/mol. The van der Waals surface area contributed by atoms with E-state index >= 15 is 0 Å². The van der Waals surface area contributed by atoms with Crippen LogP contribution < -0.4 is 0 Å². The molecule has 1 aromatic heterocycles. The van der Waals surface area contributed by atoms with Gasteiger partial charge in [0.1, 0.15) is 18.1 Å². The van der Waals surface area contributed by atoms with Gasteiger partial charge in [-0.1, -0.05) is 19.1 Å². The summed E-state index contributed by atoms with van der Waals surface area (Å²) in [5.74, 6) is -0.821. The molecule has 1 aromatic carbocycles. The lowest BCUT2D eigenvalue weighted by Gasteiger charge is -2.22. The Morgan fingerprint density at radius 3 is 2.63 bits per heavy atom. The van der Waals surface area contributed by atoms with Crippen molar-refractivity contribution >= 4 is 11.8 Å². The highest BCUT2D eigenvalue weighted by Gasteiger charge is 2.32. The van der Waals surface area contributed by atoms with Gasteiger partial charge in [0, 0.05) is 24.3 Å². The van der Waals surface area contributed by atoms with E-state index in [2.05, 4.69) is 4.98 Å². The molecule has 1 aliphatic carbocycles. The van der Waals surface area contributed by atoms with Crippen LogP contribution >= 0.6 is 0 Å². The van der Waals surface area contributed by atoms with Crippen molar-refractivity contribution in [3.05, 3.63) is 58.2 Å². The number of rotatable bonds is 7. The quantitative estimate of drug-likeness (QED) is 0.589. The van der Waals surface area contributed by atoms with Gasteiger partial charge < -0.3 is 14.5 Å². The molecule has 3 rings (SSSR count). The van der Waals surface area contributed by atoms with Gasteiger partial charge in [-0.2, -0.15) is 0 Å². The Morgan fingerprint density at radius 2 is 1.93 bits per heavy atom. The maximum absolute atomic E-state index is 13.2. The van der Waals surface area contributed by atoms with Crippen LogP contribution in [0.1, 0.15) is 63.4 Å². The Labute approximate surface area is 157 Å². The van der Waals surface area contributed by atoms with Gasteiger partial charge in [0.05, 0.1) is 6.61 Å². The summed E-state index contributed by atoms with van der Waals surface area (Å²) < 4.78 is 23.7. The molecule has 0 fully saturated rings. The van der Waals surface area contributed by atoms with E-state index in [0.29, 0.717) is 42.9 Å². The summed E-state index contributed by atoms with van der Waals surface area (Å²) >= 11 is 0. The summed E-state index contributed by atoms with van der Waals surface area (Å²) in [6.45, 7) is 4.93. The summed E-state index contributed by atoms with van der Waals surface area (Å²) in [6, 6.07) is 6.22. The predicted octanol–water partition coefficient (Wildman–Crippen LogP) is 3.96. The molecule has 27 heavy (non-hydrogen) atoms. The summed E-state index contributed by atoms with van der Waals surface area (Å²) in [5.41, 5.74) is 3.20. The molecule has 1 aliphatic rings. The van der Waals surface area contributed by atoms with Crippen LogP contribution in [0, 0.1) is 12.7 Å². The number of carbonyl (C=O) groups excluding carboxylic acids is 2. The Morgan fingerprint density at radius 1 is 1.19 bits per heavy atom. The molecule has 0 bridgehead atoms. The Hall–Kier alpha value is -2.47. The van der Waals surface area contributed by atoms with Gasteiger partial charge >= 0.3 is 5.97 Å². The minimum atomic E-state index is -0.479. The zero-order chi connectivity index (χ0) is 19.4. The minimum absolute atomic E-state index is 0.00958. The number of carbonyl (C=O) groups is 2.